The molecule has 0 amide bonds. The number of nitrogens with zero attached hydrogens (tertiary/aromatic N) is 3. The molecule has 0 aliphatic carbocycles. The molecule has 0 bridgehead atoms. The topological polar surface area (TPSA) is 93.7 Å². The van der Waals surface area contributed by atoms with E-state index in [4.69, 9.17) is 32.7 Å². The maximum atomic E-state index is 14.0. The minimum Gasteiger partial charge on any atom is -0.487 e. The summed E-state index contributed by atoms with van der Waals surface area (Å²) in [6.07, 6.45) is 1.68. The van der Waals surface area contributed by atoms with Gasteiger partial charge < -0.3 is 9.47 Å². The van der Waals surface area contributed by atoms with Crippen molar-refractivity contribution in [1.82, 2.24) is 4.57 Å². The van der Waals surface area contributed by atoms with Crippen LogP contribution in [0.3, 0.4) is 0 Å². The normalized spacial score (nSPS) is 14.7. The lowest BCUT2D eigenvalue weighted by molar-refractivity contribution is -0.139. The molecule has 0 saturated carbocycles. The average Bonchev–Trinajstić information content (AvgIpc) is 3.26. The summed E-state index contributed by atoms with van der Waals surface area (Å²) in [6.45, 7) is 3.72. The average molecular weight is 683 g/mol. The Kier molecular flexibility index (Phi) is 8.99. The van der Waals surface area contributed by atoms with Gasteiger partial charge in [-0.15, -0.1) is 0 Å². The van der Waals surface area contributed by atoms with Crippen LogP contribution in [0.1, 0.15) is 42.1 Å². The van der Waals surface area contributed by atoms with E-state index >= 15 is 0 Å². The molecule has 0 unspecified atom stereocenters. The molecule has 4 aromatic rings. The van der Waals surface area contributed by atoms with E-state index in [-0.39, 0.29) is 24.3 Å². The molecule has 0 radical (unpaired) electrons. The molecule has 7 nitrogen and oxygen atoms in total. The highest BCUT2D eigenvalue weighted by Gasteiger charge is 2.34. The molecule has 1 aromatic heterocycles. The van der Waals surface area contributed by atoms with Gasteiger partial charge in [0.05, 0.1) is 38.5 Å². The summed E-state index contributed by atoms with van der Waals surface area (Å²) in [7, 11) is 0. The van der Waals surface area contributed by atoms with Gasteiger partial charge >= 0.3 is 5.97 Å². The van der Waals surface area contributed by atoms with Crippen LogP contribution in [-0.2, 0) is 16.1 Å². The van der Waals surface area contributed by atoms with Gasteiger partial charge in [0, 0.05) is 21.2 Å². The summed E-state index contributed by atoms with van der Waals surface area (Å²) < 4.78 is 13.9. The third-order valence-electron chi connectivity index (χ3n) is 6.55. The molecule has 11 heteroatoms. The number of carbonyl (C=O) groups is 1. The number of hydrogen-bond donors (Lipinski definition) is 0. The molecule has 3 aromatic carbocycles. The molecule has 0 spiro atoms. The van der Waals surface area contributed by atoms with E-state index in [0.717, 1.165) is 0 Å². The zero-order valence-electron chi connectivity index (χ0n) is 22.4. The predicted molar refractivity (Wildman–Crippen MR) is 166 cm³/mol. The Morgan fingerprint density at radius 2 is 1.93 bits per heavy atom. The predicted octanol–water partition coefficient (Wildman–Crippen LogP) is 6.32. The summed E-state index contributed by atoms with van der Waals surface area (Å²) in [5.41, 5.74) is 2.67. The number of allylic oxidation sites excluding steroid dienone is 1. The van der Waals surface area contributed by atoms with E-state index in [9.17, 15) is 14.9 Å². The summed E-state index contributed by atoms with van der Waals surface area (Å²) in [5, 5.41) is 10.3. The van der Waals surface area contributed by atoms with E-state index in [1.54, 1.807) is 68.5 Å². The Bertz CT molecular complexity index is 1980. The van der Waals surface area contributed by atoms with Crippen molar-refractivity contribution in [3.8, 4) is 11.8 Å². The third-order valence-corrected chi connectivity index (χ3v) is 8.68. The number of carbonyl (C=O) groups excluding carboxylic acids is 1. The number of aromatic nitrogens is 1. The summed E-state index contributed by atoms with van der Waals surface area (Å²) in [5.74, 6) is -0.117. The van der Waals surface area contributed by atoms with Gasteiger partial charge in [-0.1, -0.05) is 70.9 Å². The van der Waals surface area contributed by atoms with E-state index in [2.05, 4.69) is 27.0 Å². The number of halogens is 3. The zero-order valence-corrected chi connectivity index (χ0v) is 26.3. The first-order valence-electron chi connectivity index (χ1n) is 12.8. The number of esters is 1. The van der Waals surface area contributed by atoms with Gasteiger partial charge in [0.25, 0.3) is 5.56 Å². The number of thiazole rings is 1. The number of rotatable bonds is 7. The van der Waals surface area contributed by atoms with Crippen LogP contribution < -0.4 is 19.6 Å². The van der Waals surface area contributed by atoms with Gasteiger partial charge in [-0.05, 0) is 65.7 Å². The fraction of sp³-hybridized carbons (Fsp3) is 0.161. The standard InChI is InChI=1S/C31H22BrCl2N3O4S/c1-3-40-30(39)26-17(2)36-31-37(27(26)22-10-6-7-11-24(22)34)29(38)25(42-31)13-20-12-21(33)14-23(32)28(20)41-16-19-9-5-4-8-18(19)15-35/h4-14,27H,3,16H2,1-2H3/b25-13-/t27-/m0/s1. The van der Waals surface area contributed by atoms with Gasteiger partial charge in [0.1, 0.15) is 18.4 Å². The molecule has 5 rings (SSSR count). The van der Waals surface area contributed by atoms with Crippen molar-refractivity contribution in [2.45, 2.75) is 26.5 Å². The molecule has 1 aliphatic heterocycles. The van der Waals surface area contributed by atoms with Gasteiger partial charge in [0.2, 0.25) is 0 Å². The number of fused-ring (bicyclic) bond motifs is 1. The molecule has 1 aliphatic rings. The fourth-order valence-corrected chi connectivity index (χ4v) is 6.89. The molecule has 42 heavy (non-hydrogen) atoms. The third kappa shape index (κ3) is 5.81. The molecule has 0 fully saturated rings. The van der Waals surface area contributed by atoms with Crippen LogP contribution in [0.15, 0.2) is 86.2 Å². The SMILES string of the molecule is CCOC(=O)C1=C(C)N=c2s/c(=C\c3cc(Cl)cc(Br)c3OCc3ccccc3C#N)c(=O)n2[C@H]1c1ccccc1Cl. The van der Waals surface area contributed by atoms with E-state index in [1.165, 1.54) is 15.9 Å². The van der Waals surface area contributed by atoms with Crippen molar-refractivity contribution in [3.05, 3.63) is 128 Å². The van der Waals surface area contributed by atoms with Crippen molar-refractivity contribution in [1.29, 1.82) is 5.26 Å². The molecule has 2 heterocycles. The quantitative estimate of drug-likeness (QED) is 0.213. The Morgan fingerprint density at radius 1 is 1.19 bits per heavy atom. The van der Waals surface area contributed by atoms with Crippen molar-refractivity contribution < 1.29 is 14.3 Å². The van der Waals surface area contributed by atoms with Crippen molar-refractivity contribution in [2.24, 2.45) is 4.99 Å². The van der Waals surface area contributed by atoms with E-state index in [0.29, 0.717) is 57.6 Å². The Labute approximate surface area is 263 Å². The second-order valence-electron chi connectivity index (χ2n) is 9.19. The van der Waals surface area contributed by atoms with Crippen LogP contribution >= 0.6 is 50.5 Å². The molecule has 212 valence electrons. The summed E-state index contributed by atoms with van der Waals surface area (Å²) in [4.78, 5) is 32.2. The highest BCUT2D eigenvalue weighted by atomic mass is 79.9. The number of nitriles is 1. The van der Waals surface area contributed by atoms with Crippen LogP contribution in [-0.4, -0.2) is 17.1 Å². The summed E-state index contributed by atoms with van der Waals surface area (Å²) in [6, 6.07) is 19.0. The first-order chi connectivity index (χ1) is 20.2. The lowest BCUT2D eigenvalue weighted by atomic mass is 9.96. The maximum Gasteiger partial charge on any atom is 0.338 e. The fourth-order valence-electron chi connectivity index (χ4n) is 4.67. The summed E-state index contributed by atoms with van der Waals surface area (Å²) >= 11 is 17.7. The van der Waals surface area contributed by atoms with Crippen LogP contribution in [0.4, 0.5) is 0 Å². The number of benzene rings is 3. The van der Waals surface area contributed by atoms with Crippen LogP contribution in [0, 0.1) is 11.3 Å². The molecular weight excluding hydrogens is 661 g/mol. The van der Waals surface area contributed by atoms with Gasteiger partial charge in [0.15, 0.2) is 4.80 Å². The lowest BCUT2D eigenvalue weighted by Crippen LogP contribution is -2.40. The number of hydrogen-bond acceptors (Lipinski definition) is 7. The second-order valence-corrected chi connectivity index (χ2v) is 11.9. The van der Waals surface area contributed by atoms with E-state index in [1.807, 2.05) is 12.1 Å². The minimum absolute atomic E-state index is 0.126. The van der Waals surface area contributed by atoms with Crippen molar-refractivity contribution >= 4 is 62.5 Å². The number of ether oxygens (including phenoxy) is 2. The van der Waals surface area contributed by atoms with Crippen molar-refractivity contribution in [3.63, 3.8) is 0 Å². The monoisotopic (exact) mass is 681 g/mol. The first kappa shape index (κ1) is 29.8. The molecule has 1 atom stereocenters. The molecule has 0 N–H and O–H groups in total. The van der Waals surface area contributed by atoms with Crippen LogP contribution in [0.2, 0.25) is 10.0 Å². The Hall–Kier alpha value is -3.68. The second kappa shape index (κ2) is 12.7. The van der Waals surface area contributed by atoms with Gasteiger partial charge in [-0.2, -0.15) is 5.26 Å². The van der Waals surface area contributed by atoms with Crippen LogP contribution in [0.25, 0.3) is 6.08 Å². The highest BCUT2D eigenvalue weighted by molar-refractivity contribution is 9.10. The first-order valence-corrected chi connectivity index (χ1v) is 15.1. The van der Waals surface area contributed by atoms with Crippen LogP contribution in [0.5, 0.6) is 5.75 Å². The molecule has 0 saturated heterocycles. The Balaban J connectivity index is 1.66. The lowest BCUT2D eigenvalue weighted by Gasteiger charge is -2.25. The Morgan fingerprint density at radius 3 is 2.67 bits per heavy atom. The molecular formula is C31H22BrCl2N3O4S. The van der Waals surface area contributed by atoms with Crippen molar-refractivity contribution in [2.75, 3.05) is 6.61 Å². The minimum atomic E-state index is -0.833. The maximum absolute atomic E-state index is 14.0. The van der Waals surface area contributed by atoms with Gasteiger partial charge in [-0.3, -0.25) is 9.36 Å². The zero-order chi connectivity index (χ0) is 30.0. The smallest absolute Gasteiger partial charge is 0.338 e. The largest absolute Gasteiger partial charge is 0.487 e. The van der Waals surface area contributed by atoms with E-state index < -0.39 is 12.0 Å². The highest BCUT2D eigenvalue weighted by Crippen LogP contribution is 2.36. The van der Waals surface area contributed by atoms with Gasteiger partial charge in [-0.25, -0.2) is 9.79 Å².